The molecular formula is C20H12ClFN2O4. The fraction of sp³-hybridized carbons (Fsp3) is 0.0500. The van der Waals surface area contributed by atoms with Crippen molar-refractivity contribution in [3.8, 4) is 11.3 Å². The van der Waals surface area contributed by atoms with E-state index in [9.17, 15) is 14.0 Å². The highest BCUT2D eigenvalue weighted by molar-refractivity contribution is 6.33. The molecule has 0 fully saturated rings. The first-order chi connectivity index (χ1) is 13.4. The second kappa shape index (κ2) is 6.94. The lowest BCUT2D eigenvalue weighted by Gasteiger charge is -2.08. The van der Waals surface area contributed by atoms with Gasteiger partial charge in [0.05, 0.1) is 10.6 Å². The third-order valence-electron chi connectivity index (χ3n) is 4.17. The van der Waals surface area contributed by atoms with Gasteiger partial charge in [-0.05, 0) is 43.3 Å². The van der Waals surface area contributed by atoms with Crippen LogP contribution in [0.25, 0.3) is 22.2 Å². The molecule has 0 saturated carbocycles. The summed E-state index contributed by atoms with van der Waals surface area (Å²) in [4.78, 5) is 24.1. The highest BCUT2D eigenvalue weighted by Crippen LogP contribution is 2.33. The van der Waals surface area contributed by atoms with Gasteiger partial charge in [0, 0.05) is 17.1 Å². The molecule has 0 unspecified atom stereocenters. The average molecular weight is 399 g/mol. The fourth-order valence-corrected chi connectivity index (χ4v) is 3.13. The number of halogens is 2. The van der Waals surface area contributed by atoms with E-state index in [0.29, 0.717) is 16.7 Å². The van der Waals surface area contributed by atoms with E-state index >= 15 is 0 Å². The van der Waals surface area contributed by atoms with Gasteiger partial charge in [-0.25, -0.2) is 9.18 Å². The maximum absolute atomic E-state index is 14.3. The van der Waals surface area contributed by atoms with Gasteiger partial charge in [-0.3, -0.25) is 4.79 Å². The van der Waals surface area contributed by atoms with Crippen molar-refractivity contribution in [3.63, 3.8) is 0 Å². The van der Waals surface area contributed by atoms with E-state index in [1.165, 1.54) is 24.3 Å². The van der Waals surface area contributed by atoms with Gasteiger partial charge in [-0.2, -0.15) is 0 Å². The van der Waals surface area contributed by atoms with Crippen LogP contribution in [0.1, 0.15) is 16.1 Å². The first-order valence-electron chi connectivity index (χ1n) is 8.20. The van der Waals surface area contributed by atoms with Gasteiger partial charge in [-0.1, -0.05) is 22.8 Å². The molecule has 4 aromatic rings. The van der Waals surface area contributed by atoms with Crippen LogP contribution in [-0.2, 0) is 0 Å². The van der Waals surface area contributed by atoms with E-state index in [-0.39, 0.29) is 27.6 Å². The molecule has 4 rings (SSSR count). The molecule has 0 radical (unpaired) electrons. The molecule has 2 heterocycles. The summed E-state index contributed by atoms with van der Waals surface area (Å²) in [6.07, 6.45) is 0. The minimum Gasteiger partial charge on any atom is -0.423 e. The summed E-state index contributed by atoms with van der Waals surface area (Å²) in [5, 5.41) is 7.29. The molecule has 8 heteroatoms. The number of aromatic nitrogens is 1. The van der Waals surface area contributed by atoms with E-state index in [1.807, 2.05) is 0 Å². The zero-order valence-electron chi connectivity index (χ0n) is 14.5. The van der Waals surface area contributed by atoms with Crippen LogP contribution in [0, 0.1) is 12.7 Å². The lowest BCUT2D eigenvalue weighted by atomic mass is 10.0. The molecule has 0 saturated heterocycles. The molecule has 0 aliphatic carbocycles. The number of aryl methyl sites for hydroxylation is 1. The van der Waals surface area contributed by atoms with Crippen LogP contribution in [-0.4, -0.2) is 11.1 Å². The van der Waals surface area contributed by atoms with E-state index in [0.717, 1.165) is 0 Å². The smallest absolute Gasteiger partial charge is 0.336 e. The molecular weight excluding hydrogens is 387 g/mol. The molecule has 140 valence electrons. The molecule has 2 aromatic carbocycles. The molecule has 0 atom stereocenters. The van der Waals surface area contributed by atoms with E-state index in [1.54, 1.807) is 31.2 Å². The lowest BCUT2D eigenvalue weighted by Crippen LogP contribution is -2.13. The Morgan fingerprint density at radius 1 is 1.18 bits per heavy atom. The normalized spacial score (nSPS) is 11.0. The maximum atomic E-state index is 14.3. The molecule has 0 spiro atoms. The molecule has 0 aliphatic heterocycles. The summed E-state index contributed by atoms with van der Waals surface area (Å²) in [7, 11) is 0. The van der Waals surface area contributed by atoms with Gasteiger partial charge in [0.1, 0.15) is 28.4 Å². The predicted octanol–water partition coefficient (Wildman–Crippen LogP) is 4.80. The lowest BCUT2D eigenvalue weighted by molar-refractivity contribution is 0.102. The molecule has 1 amide bonds. The third-order valence-corrected chi connectivity index (χ3v) is 4.48. The molecule has 2 aromatic heterocycles. The Bertz CT molecular complexity index is 1260. The number of carbonyl (C=O) groups excluding carboxylic acids is 1. The number of anilines is 1. The Kier molecular flexibility index (Phi) is 4.44. The van der Waals surface area contributed by atoms with Crippen molar-refractivity contribution in [3.05, 3.63) is 81.1 Å². The molecule has 6 nitrogen and oxygen atoms in total. The Balaban J connectivity index is 1.72. The Morgan fingerprint density at radius 2 is 2.00 bits per heavy atom. The van der Waals surface area contributed by atoms with Crippen LogP contribution in [0.5, 0.6) is 0 Å². The van der Waals surface area contributed by atoms with E-state index in [2.05, 4.69) is 10.5 Å². The first-order valence-corrected chi connectivity index (χ1v) is 8.58. The molecule has 0 bridgehead atoms. The van der Waals surface area contributed by atoms with E-state index < -0.39 is 17.3 Å². The maximum Gasteiger partial charge on any atom is 0.336 e. The first kappa shape index (κ1) is 17.9. The molecule has 1 N–H and O–H groups in total. The number of rotatable bonds is 3. The van der Waals surface area contributed by atoms with Crippen molar-refractivity contribution in [2.24, 2.45) is 0 Å². The predicted molar refractivity (Wildman–Crippen MR) is 102 cm³/mol. The Hall–Kier alpha value is -3.45. The summed E-state index contributed by atoms with van der Waals surface area (Å²) >= 11 is 6.10. The monoisotopic (exact) mass is 398 g/mol. The van der Waals surface area contributed by atoms with Crippen molar-refractivity contribution >= 4 is 34.2 Å². The number of benzene rings is 2. The molecule has 0 aliphatic rings. The summed E-state index contributed by atoms with van der Waals surface area (Å²) in [6.45, 7) is 1.55. The Labute approximate surface area is 162 Å². The van der Waals surface area contributed by atoms with Crippen molar-refractivity contribution < 1.29 is 18.1 Å². The number of hydrogen-bond acceptors (Lipinski definition) is 5. The fourth-order valence-electron chi connectivity index (χ4n) is 2.88. The highest BCUT2D eigenvalue weighted by atomic mass is 35.5. The highest BCUT2D eigenvalue weighted by Gasteiger charge is 2.25. The van der Waals surface area contributed by atoms with Gasteiger partial charge in [0.2, 0.25) is 0 Å². The van der Waals surface area contributed by atoms with Crippen LogP contribution in [0.4, 0.5) is 10.1 Å². The van der Waals surface area contributed by atoms with Crippen LogP contribution >= 0.6 is 11.6 Å². The topological polar surface area (TPSA) is 85.3 Å². The summed E-state index contributed by atoms with van der Waals surface area (Å²) in [5.41, 5.74) is 0.474. The van der Waals surface area contributed by atoms with Gasteiger partial charge in [0.25, 0.3) is 5.91 Å². The van der Waals surface area contributed by atoms with Gasteiger partial charge in [-0.15, -0.1) is 0 Å². The second-order valence-corrected chi connectivity index (χ2v) is 6.43. The van der Waals surface area contributed by atoms with Gasteiger partial charge in [0.15, 0.2) is 0 Å². The summed E-state index contributed by atoms with van der Waals surface area (Å²) < 4.78 is 24.5. The minimum absolute atomic E-state index is 0.00791. The van der Waals surface area contributed by atoms with Gasteiger partial charge >= 0.3 is 5.63 Å². The summed E-state index contributed by atoms with van der Waals surface area (Å²) in [5.74, 6) is -0.931. The minimum atomic E-state index is -0.615. The number of carbonyl (C=O) groups is 1. The van der Waals surface area contributed by atoms with Crippen molar-refractivity contribution in [1.29, 1.82) is 0 Å². The van der Waals surface area contributed by atoms with Crippen molar-refractivity contribution in [2.75, 3.05) is 5.32 Å². The van der Waals surface area contributed by atoms with Crippen molar-refractivity contribution in [2.45, 2.75) is 6.92 Å². The largest absolute Gasteiger partial charge is 0.423 e. The standard InChI is InChI=1S/C20H12ClFN2O4/c1-10-17(19(24-28-10)18-13(21)3-2-4-14(18)22)20(26)23-12-6-7-15-11(9-12)5-8-16(25)27-15/h2-9H,1H3,(H,23,26). The van der Waals surface area contributed by atoms with Gasteiger partial charge < -0.3 is 14.3 Å². The quantitative estimate of drug-likeness (QED) is 0.501. The van der Waals surface area contributed by atoms with Crippen LogP contribution in [0.3, 0.4) is 0 Å². The van der Waals surface area contributed by atoms with Crippen LogP contribution in [0.15, 0.2) is 62.3 Å². The third kappa shape index (κ3) is 3.16. The second-order valence-electron chi connectivity index (χ2n) is 6.02. The van der Waals surface area contributed by atoms with Crippen LogP contribution in [0.2, 0.25) is 5.02 Å². The summed E-state index contributed by atoms with van der Waals surface area (Å²) in [6, 6.07) is 11.9. The number of nitrogens with zero attached hydrogens (tertiary/aromatic N) is 1. The van der Waals surface area contributed by atoms with Crippen molar-refractivity contribution in [1.82, 2.24) is 5.16 Å². The number of hydrogen-bond donors (Lipinski definition) is 1. The average Bonchev–Trinajstić information content (AvgIpc) is 3.03. The zero-order valence-corrected chi connectivity index (χ0v) is 15.2. The SMILES string of the molecule is Cc1onc(-c2c(F)cccc2Cl)c1C(=O)Nc1ccc2oc(=O)ccc2c1. The zero-order chi connectivity index (χ0) is 19.8. The number of amides is 1. The van der Waals surface area contributed by atoms with E-state index in [4.69, 9.17) is 20.5 Å². The number of fused-ring (bicyclic) bond motifs is 1. The van der Waals surface area contributed by atoms with Crippen LogP contribution < -0.4 is 10.9 Å². The molecule has 28 heavy (non-hydrogen) atoms. The number of nitrogens with one attached hydrogen (secondary N) is 1. The Morgan fingerprint density at radius 3 is 2.79 bits per heavy atom.